The molecule has 0 unspecified atom stereocenters. The third-order valence-corrected chi connectivity index (χ3v) is 5.57. The van der Waals surface area contributed by atoms with Crippen LogP contribution in [-0.2, 0) is 20.8 Å². The summed E-state index contributed by atoms with van der Waals surface area (Å²) < 4.78 is 27.0. The van der Waals surface area contributed by atoms with E-state index in [9.17, 15) is 0 Å². The van der Waals surface area contributed by atoms with Gasteiger partial charge in [-0.25, -0.2) is 0 Å². The van der Waals surface area contributed by atoms with Crippen LogP contribution in [0.4, 0.5) is 11.4 Å². The first-order chi connectivity index (χ1) is 13.2. The molecule has 0 aliphatic carbocycles. The van der Waals surface area contributed by atoms with Gasteiger partial charge in [-0.2, -0.15) is 0 Å². The Kier molecular flexibility index (Phi) is 6.84. The fourth-order valence-corrected chi connectivity index (χ4v) is 4.22. The summed E-state index contributed by atoms with van der Waals surface area (Å²) in [6.45, 7) is 1.67. The maximum absolute atomic E-state index is 5.73. The molecule has 0 fully saturated rings. The molecule has 0 atom stereocenters. The van der Waals surface area contributed by atoms with Crippen LogP contribution in [0.5, 0.6) is 11.5 Å². The number of hydrogen-bond acceptors (Lipinski definition) is 7. The molecule has 6 nitrogen and oxygen atoms in total. The second-order valence-corrected chi connectivity index (χ2v) is 7.01. The molecule has 0 N–H and O–H groups in total. The van der Waals surface area contributed by atoms with E-state index in [1.165, 1.54) is 0 Å². The molecule has 3 rings (SSSR count). The summed E-state index contributed by atoms with van der Waals surface area (Å²) >= 11 is 1.70. The van der Waals surface area contributed by atoms with Crippen molar-refractivity contribution in [3.63, 3.8) is 0 Å². The highest BCUT2D eigenvalue weighted by Crippen LogP contribution is 2.51. The minimum absolute atomic E-state index is 0.209. The summed E-state index contributed by atoms with van der Waals surface area (Å²) in [4.78, 5) is 4.43. The molecule has 0 saturated heterocycles. The monoisotopic (exact) mass is 391 g/mol. The Morgan fingerprint density at radius 3 is 2.48 bits per heavy atom. The van der Waals surface area contributed by atoms with Crippen LogP contribution in [0.1, 0.15) is 5.56 Å². The van der Waals surface area contributed by atoms with E-state index >= 15 is 0 Å². The Hall–Kier alpha value is -1.93. The third-order valence-electron chi connectivity index (χ3n) is 4.36. The van der Waals surface area contributed by atoms with Crippen molar-refractivity contribution in [3.8, 4) is 11.5 Å². The van der Waals surface area contributed by atoms with E-state index in [-0.39, 0.29) is 6.79 Å². The average molecular weight is 391 g/mol. The molecule has 2 aromatic rings. The molecule has 1 aliphatic rings. The molecule has 1 aliphatic heterocycles. The van der Waals surface area contributed by atoms with Gasteiger partial charge in [-0.3, -0.25) is 0 Å². The molecule has 146 valence electrons. The number of anilines is 2. The fourth-order valence-electron chi connectivity index (χ4n) is 2.93. The molecule has 0 aromatic heterocycles. The van der Waals surface area contributed by atoms with Crippen molar-refractivity contribution in [3.05, 3.63) is 35.9 Å². The Labute approximate surface area is 164 Å². The first-order valence-electron chi connectivity index (χ1n) is 8.63. The lowest BCUT2D eigenvalue weighted by atomic mass is 10.1. The highest BCUT2D eigenvalue weighted by atomic mass is 32.2. The van der Waals surface area contributed by atoms with Crippen LogP contribution in [0.25, 0.3) is 0 Å². The van der Waals surface area contributed by atoms with Gasteiger partial charge in [0.05, 0.1) is 45.4 Å². The van der Waals surface area contributed by atoms with Gasteiger partial charge in [-0.05, 0) is 30.3 Å². The number of fused-ring (bicyclic) bond motifs is 2. The molecule has 0 spiro atoms. The van der Waals surface area contributed by atoms with Gasteiger partial charge in [0.15, 0.2) is 0 Å². The highest BCUT2D eigenvalue weighted by molar-refractivity contribution is 7.99. The largest absolute Gasteiger partial charge is 0.497 e. The molecule has 0 radical (unpaired) electrons. The van der Waals surface area contributed by atoms with Crippen molar-refractivity contribution in [1.82, 2.24) is 0 Å². The predicted octanol–water partition coefficient (Wildman–Crippen LogP) is 4.07. The van der Waals surface area contributed by atoms with Crippen LogP contribution in [0.2, 0.25) is 0 Å². The van der Waals surface area contributed by atoms with Gasteiger partial charge >= 0.3 is 0 Å². The van der Waals surface area contributed by atoms with Gasteiger partial charge in [0, 0.05) is 29.5 Å². The topological polar surface area (TPSA) is 49.4 Å². The summed E-state index contributed by atoms with van der Waals surface area (Å²) in [5, 5.41) is 0. The first-order valence-corrected chi connectivity index (χ1v) is 9.45. The molecule has 0 bridgehead atoms. The van der Waals surface area contributed by atoms with Gasteiger partial charge in [-0.1, -0.05) is 11.8 Å². The average Bonchev–Trinajstić information content (AvgIpc) is 2.70. The molecule has 2 aromatic carbocycles. The van der Waals surface area contributed by atoms with Crippen LogP contribution < -0.4 is 14.4 Å². The molecule has 27 heavy (non-hydrogen) atoms. The van der Waals surface area contributed by atoms with Crippen molar-refractivity contribution < 1.29 is 23.7 Å². The van der Waals surface area contributed by atoms with Crippen molar-refractivity contribution in [2.75, 3.05) is 53.3 Å². The Bertz CT molecular complexity index is 783. The van der Waals surface area contributed by atoms with Gasteiger partial charge in [-0.15, -0.1) is 0 Å². The first kappa shape index (κ1) is 19.8. The highest BCUT2D eigenvalue weighted by Gasteiger charge is 2.25. The number of rotatable bonds is 9. The predicted molar refractivity (Wildman–Crippen MR) is 106 cm³/mol. The van der Waals surface area contributed by atoms with E-state index in [0.29, 0.717) is 19.8 Å². The summed E-state index contributed by atoms with van der Waals surface area (Å²) in [5.74, 6) is 1.64. The smallest absolute Gasteiger partial charge is 0.147 e. The summed E-state index contributed by atoms with van der Waals surface area (Å²) in [5.41, 5.74) is 3.28. The van der Waals surface area contributed by atoms with Crippen LogP contribution in [0.15, 0.2) is 40.1 Å². The number of nitrogens with zero attached hydrogens (tertiary/aromatic N) is 1. The van der Waals surface area contributed by atoms with Gasteiger partial charge in [0.2, 0.25) is 0 Å². The second-order valence-electron chi connectivity index (χ2n) is 5.96. The second kappa shape index (κ2) is 9.32. The van der Waals surface area contributed by atoms with Crippen LogP contribution in [0, 0.1) is 0 Å². The van der Waals surface area contributed by atoms with Crippen molar-refractivity contribution in [1.29, 1.82) is 0 Å². The van der Waals surface area contributed by atoms with E-state index in [1.54, 1.807) is 33.1 Å². The third kappa shape index (κ3) is 4.32. The van der Waals surface area contributed by atoms with E-state index in [4.69, 9.17) is 23.7 Å². The molecule has 7 heteroatoms. The zero-order valence-electron chi connectivity index (χ0n) is 16.1. The summed E-state index contributed by atoms with van der Waals surface area (Å²) in [6, 6.07) is 10.2. The maximum atomic E-state index is 5.73. The standard InChI is InChI=1S/C20H25NO5S/c1-21-16-6-5-14(23-3)11-19(16)27-20-15(12-26-13-25-10-9-22-2)18(24-4)8-7-17(20)21/h5-8,11H,9-10,12-13H2,1-4H3. The maximum Gasteiger partial charge on any atom is 0.147 e. The Morgan fingerprint density at radius 2 is 1.74 bits per heavy atom. The number of ether oxygens (including phenoxy) is 5. The molecule has 1 heterocycles. The minimum Gasteiger partial charge on any atom is -0.497 e. The van der Waals surface area contributed by atoms with E-state index in [1.807, 2.05) is 12.1 Å². The molecular weight excluding hydrogens is 366 g/mol. The number of benzene rings is 2. The Balaban J connectivity index is 1.84. The zero-order chi connectivity index (χ0) is 19.2. The lowest BCUT2D eigenvalue weighted by Crippen LogP contribution is -2.16. The molecule has 0 amide bonds. The van der Waals surface area contributed by atoms with Crippen molar-refractivity contribution in [2.24, 2.45) is 0 Å². The quantitative estimate of drug-likeness (QED) is 0.472. The van der Waals surface area contributed by atoms with E-state index < -0.39 is 0 Å². The van der Waals surface area contributed by atoms with Crippen molar-refractivity contribution in [2.45, 2.75) is 16.4 Å². The van der Waals surface area contributed by atoms with E-state index in [2.05, 4.69) is 30.1 Å². The van der Waals surface area contributed by atoms with Crippen molar-refractivity contribution >= 4 is 23.1 Å². The fraction of sp³-hybridized carbons (Fsp3) is 0.400. The lowest BCUT2D eigenvalue weighted by Gasteiger charge is -2.31. The minimum atomic E-state index is 0.209. The normalized spacial score (nSPS) is 12.5. The number of hydrogen-bond donors (Lipinski definition) is 0. The lowest BCUT2D eigenvalue weighted by molar-refractivity contribution is -0.0732. The van der Waals surface area contributed by atoms with Gasteiger partial charge in [0.1, 0.15) is 18.3 Å². The zero-order valence-corrected chi connectivity index (χ0v) is 16.9. The SMILES string of the molecule is COCCOCOCc1c(OC)ccc2c1Sc1cc(OC)ccc1N2C. The van der Waals surface area contributed by atoms with Crippen LogP contribution in [-0.4, -0.2) is 48.4 Å². The van der Waals surface area contributed by atoms with Crippen LogP contribution >= 0.6 is 11.8 Å². The van der Waals surface area contributed by atoms with Crippen LogP contribution in [0.3, 0.4) is 0 Å². The van der Waals surface area contributed by atoms with Gasteiger partial charge in [0.25, 0.3) is 0 Å². The number of methoxy groups -OCH3 is 3. The molecule has 0 saturated carbocycles. The van der Waals surface area contributed by atoms with E-state index in [0.717, 1.165) is 38.2 Å². The van der Waals surface area contributed by atoms with Gasteiger partial charge < -0.3 is 28.6 Å². The summed E-state index contributed by atoms with van der Waals surface area (Å²) in [7, 11) is 7.06. The summed E-state index contributed by atoms with van der Waals surface area (Å²) in [6.07, 6.45) is 0. The Morgan fingerprint density at radius 1 is 0.926 bits per heavy atom. The molecular formula is C20H25NO5S.